The fourth-order valence-corrected chi connectivity index (χ4v) is 1.95. The second-order valence-electron chi connectivity index (χ2n) is 4.18. The lowest BCUT2D eigenvalue weighted by atomic mass is 9.99. The van der Waals surface area contributed by atoms with E-state index in [-0.39, 0.29) is 0 Å². The molecule has 2 heteroatoms. The van der Waals surface area contributed by atoms with E-state index in [0.717, 1.165) is 31.1 Å². The summed E-state index contributed by atoms with van der Waals surface area (Å²) in [5.41, 5.74) is 2.53. The lowest BCUT2D eigenvalue weighted by Gasteiger charge is -2.14. The standard InChI is InChI=1S/C13H18O2/c1-4-14-13-7-10-5-6-15-12(10)8-11(13)9(2)3/h7-9H,4-6H2,1-3H3. The van der Waals surface area contributed by atoms with Crippen molar-refractivity contribution in [3.05, 3.63) is 23.3 Å². The van der Waals surface area contributed by atoms with Gasteiger partial charge in [0.05, 0.1) is 13.2 Å². The molecule has 0 radical (unpaired) electrons. The zero-order valence-corrected chi connectivity index (χ0v) is 9.67. The maximum absolute atomic E-state index is 5.67. The molecule has 0 amide bonds. The first-order chi connectivity index (χ1) is 7.22. The highest BCUT2D eigenvalue weighted by atomic mass is 16.5. The van der Waals surface area contributed by atoms with Gasteiger partial charge >= 0.3 is 0 Å². The van der Waals surface area contributed by atoms with Crippen LogP contribution in [0.2, 0.25) is 0 Å². The van der Waals surface area contributed by atoms with Crippen LogP contribution in [0, 0.1) is 0 Å². The van der Waals surface area contributed by atoms with Gasteiger partial charge in [-0.15, -0.1) is 0 Å². The molecule has 0 saturated carbocycles. The molecule has 0 N–H and O–H groups in total. The number of fused-ring (bicyclic) bond motifs is 1. The van der Waals surface area contributed by atoms with Gasteiger partial charge in [-0.05, 0) is 25.0 Å². The molecule has 1 aromatic carbocycles. The van der Waals surface area contributed by atoms with Gasteiger partial charge < -0.3 is 9.47 Å². The summed E-state index contributed by atoms with van der Waals surface area (Å²) >= 11 is 0. The third-order valence-corrected chi connectivity index (χ3v) is 2.74. The largest absolute Gasteiger partial charge is 0.494 e. The predicted octanol–water partition coefficient (Wildman–Crippen LogP) is 3.14. The molecule has 1 aromatic rings. The average Bonchev–Trinajstić information content (AvgIpc) is 2.63. The zero-order chi connectivity index (χ0) is 10.8. The van der Waals surface area contributed by atoms with Gasteiger partial charge in [0.25, 0.3) is 0 Å². The van der Waals surface area contributed by atoms with Crippen molar-refractivity contribution in [2.75, 3.05) is 13.2 Å². The highest BCUT2D eigenvalue weighted by molar-refractivity contribution is 5.49. The monoisotopic (exact) mass is 206 g/mol. The van der Waals surface area contributed by atoms with Gasteiger partial charge in [-0.1, -0.05) is 13.8 Å². The molecule has 1 aliphatic heterocycles. The van der Waals surface area contributed by atoms with E-state index >= 15 is 0 Å². The molecule has 2 rings (SSSR count). The van der Waals surface area contributed by atoms with E-state index in [4.69, 9.17) is 9.47 Å². The summed E-state index contributed by atoms with van der Waals surface area (Å²) in [5, 5.41) is 0. The molecule has 2 nitrogen and oxygen atoms in total. The van der Waals surface area contributed by atoms with Crippen LogP contribution in [0.1, 0.15) is 37.8 Å². The van der Waals surface area contributed by atoms with Gasteiger partial charge in [-0.25, -0.2) is 0 Å². The van der Waals surface area contributed by atoms with Crippen LogP contribution >= 0.6 is 0 Å². The van der Waals surface area contributed by atoms with E-state index in [1.165, 1.54) is 11.1 Å². The molecule has 0 saturated heterocycles. The molecule has 0 atom stereocenters. The number of hydrogen-bond acceptors (Lipinski definition) is 2. The molecule has 1 heterocycles. The Morgan fingerprint density at radius 3 is 2.87 bits per heavy atom. The number of ether oxygens (including phenoxy) is 2. The van der Waals surface area contributed by atoms with Crippen LogP contribution in [-0.2, 0) is 6.42 Å². The lowest BCUT2D eigenvalue weighted by Crippen LogP contribution is -1.99. The Labute approximate surface area is 91.2 Å². The molecular formula is C13H18O2. The van der Waals surface area contributed by atoms with Gasteiger partial charge in [0, 0.05) is 17.5 Å². The summed E-state index contributed by atoms with van der Waals surface area (Å²) in [6.45, 7) is 7.91. The minimum absolute atomic E-state index is 0.473. The maximum Gasteiger partial charge on any atom is 0.123 e. The Kier molecular flexibility index (Phi) is 2.85. The summed E-state index contributed by atoms with van der Waals surface area (Å²) in [7, 11) is 0. The Morgan fingerprint density at radius 2 is 2.20 bits per heavy atom. The number of rotatable bonds is 3. The minimum atomic E-state index is 0.473. The first kappa shape index (κ1) is 10.3. The van der Waals surface area contributed by atoms with Crippen molar-refractivity contribution < 1.29 is 9.47 Å². The van der Waals surface area contributed by atoms with E-state index in [1.54, 1.807) is 0 Å². The molecule has 0 spiro atoms. The molecule has 0 aliphatic carbocycles. The summed E-state index contributed by atoms with van der Waals surface area (Å²) in [5.74, 6) is 2.54. The van der Waals surface area contributed by atoms with Crippen LogP contribution in [0.25, 0.3) is 0 Å². The number of hydrogen-bond donors (Lipinski definition) is 0. The van der Waals surface area contributed by atoms with Crippen LogP contribution in [0.3, 0.4) is 0 Å². The first-order valence-electron chi connectivity index (χ1n) is 5.64. The quantitative estimate of drug-likeness (QED) is 0.756. The Bertz CT molecular complexity index is 356. The average molecular weight is 206 g/mol. The Balaban J connectivity index is 2.42. The fourth-order valence-electron chi connectivity index (χ4n) is 1.95. The van der Waals surface area contributed by atoms with Gasteiger partial charge in [-0.2, -0.15) is 0 Å². The fraction of sp³-hybridized carbons (Fsp3) is 0.538. The predicted molar refractivity (Wildman–Crippen MR) is 60.9 cm³/mol. The van der Waals surface area contributed by atoms with Gasteiger partial charge in [0.2, 0.25) is 0 Å². The maximum atomic E-state index is 5.67. The smallest absolute Gasteiger partial charge is 0.123 e. The van der Waals surface area contributed by atoms with Crippen molar-refractivity contribution in [2.24, 2.45) is 0 Å². The van der Waals surface area contributed by atoms with Crippen LogP contribution in [0.15, 0.2) is 12.1 Å². The molecule has 1 aliphatic rings. The molecule has 0 bridgehead atoms. The molecule has 0 aromatic heterocycles. The van der Waals surface area contributed by atoms with E-state index < -0.39 is 0 Å². The molecule has 0 unspecified atom stereocenters. The number of benzene rings is 1. The van der Waals surface area contributed by atoms with E-state index in [9.17, 15) is 0 Å². The molecule has 82 valence electrons. The van der Waals surface area contributed by atoms with E-state index in [1.807, 2.05) is 6.92 Å². The van der Waals surface area contributed by atoms with Crippen molar-refractivity contribution in [2.45, 2.75) is 33.1 Å². The zero-order valence-electron chi connectivity index (χ0n) is 9.67. The highest BCUT2D eigenvalue weighted by Crippen LogP contribution is 2.36. The molecule has 15 heavy (non-hydrogen) atoms. The summed E-state index contributed by atoms with van der Waals surface area (Å²) in [4.78, 5) is 0. The lowest BCUT2D eigenvalue weighted by molar-refractivity contribution is 0.333. The highest BCUT2D eigenvalue weighted by Gasteiger charge is 2.17. The third kappa shape index (κ3) is 1.94. The van der Waals surface area contributed by atoms with Crippen LogP contribution < -0.4 is 9.47 Å². The van der Waals surface area contributed by atoms with E-state index in [2.05, 4.69) is 26.0 Å². The van der Waals surface area contributed by atoms with Crippen LogP contribution in [0.5, 0.6) is 11.5 Å². The van der Waals surface area contributed by atoms with Crippen molar-refractivity contribution in [1.29, 1.82) is 0 Å². The topological polar surface area (TPSA) is 18.5 Å². The normalized spacial score (nSPS) is 13.9. The third-order valence-electron chi connectivity index (χ3n) is 2.74. The second kappa shape index (κ2) is 4.13. The van der Waals surface area contributed by atoms with Gasteiger partial charge in [0.1, 0.15) is 11.5 Å². The second-order valence-corrected chi connectivity index (χ2v) is 4.18. The first-order valence-corrected chi connectivity index (χ1v) is 5.64. The van der Waals surface area contributed by atoms with Crippen LogP contribution in [0.4, 0.5) is 0 Å². The Morgan fingerprint density at radius 1 is 1.40 bits per heavy atom. The Hall–Kier alpha value is -1.18. The van der Waals surface area contributed by atoms with E-state index in [0.29, 0.717) is 5.92 Å². The molecule has 0 fully saturated rings. The SMILES string of the molecule is CCOc1cc2c(cc1C(C)C)OCC2. The summed E-state index contributed by atoms with van der Waals surface area (Å²) in [6.07, 6.45) is 1.01. The van der Waals surface area contributed by atoms with Crippen molar-refractivity contribution >= 4 is 0 Å². The van der Waals surface area contributed by atoms with Crippen molar-refractivity contribution in [1.82, 2.24) is 0 Å². The van der Waals surface area contributed by atoms with Crippen molar-refractivity contribution in [3.63, 3.8) is 0 Å². The van der Waals surface area contributed by atoms with Gasteiger partial charge in [-0.3, -0.25) is 0 Å². The van der Waals surface area contributed by atoms with Gasteiger partial charge in [0.15, 0.2) is 0 Å². The summed E-state index contributed by atoms with van der Waals surface area (Å²) in [6, 6.07) is 4.28. The van der Waals surface area contributed by atoms with Crippen molar-refractivity contribution in [3.8, 4) is 11.5 Å². The van der Waals surface area contributed by atoms with Crippen LogP contribution in [-0.4, -0.2) is 13.2 Å². The minimum Gasteiger partial charge on any atom is -0.494 e. The molecular weight excluding hydrogens is 188 g/mol. The summed E-state index contributed by atoms with van der Waals surface area (Å²) < 4.78 is 11.2.